The third kappa shape index (κ3) is 5.91. The van der Waals surface area contributed by atoms with E-state index in [1.807, 2.05) is 4.90 Å². The van der Waals surface area contributed by atoms with Crippen molar-refractivity contribution in [2.24, 2.45) is 10.7 Å². The van der Waals surface area contributed by atoms with Crippen LogP contribution < -0.4 is 5.73 Å². The lowest BCUT2D eigenvalue weighted by Gasteiger charge is -2.21. The number of hydrogen-bond acceptors (Lipinski definition) is 3. The quantitative estimate of drug-likeness (QED) is 0.430. The molecule has 1 aromatic rings. The summed E-state index contributed by atoms with van der Waals surface area (Å²) in [7, 11) is -3.68. The SMILES string of the molecule is I.NC(=NCCS(=O)(=O)c1ccccc1F)N1CCCCCC1. The van der Waals surface area contributed by atoms with E-state index < -0.39 is 15.7 Å². The number of halogens is 2. The van der Waals surface area contributed by atoms with Crippen LogP contribution >= 0.6 is 24.0 Å². The van der Waals surface area contributed by atoms with E-state index in [0.29, 0.717) is 5.96 Å². The molecule has 23 heavy (non-hydrogen) atoms. The van der Waals surface area contributed by atoms with Crippen LogP contribution in [0.5, 0.6) is 0 Å². The highest BCUT2D eigenvalue weighted by Crippen LogP contribution is 2.15. The average Bonchev–Trinajstić information content (AvgIpc) is 2.76. The molecule has 1 fully saturated rings. The Morgan fingerprint density at radius 2 is 1.78 bits per heavy atom. The number of nitrogens with two attached hydrogens (primary N) is 1. The smallest absolute Gasteiger partial charge is 0.191 e. The summed E-state index contributed by atoms with van der Waals surface area (Å²) in [5.41, 5.74) is 5.92. The maximum atomic E-state index is 13.6. The predicted octanol–water partition coefficient (Wildman–Crippen LogP) is 2.41. The molecule has 5 nitrogen and oxygen atoms in total. The van der Waals surface area contributed by atoms with Gasteiger partial charge in [0.25, 0.3) is 0 Å². The summed E-state index contributed by atoms with van der Waals surface area (Å²) in [5.74, 6) is -0.597. The number of guanidine groups is 1. The van der Waals surface area contributed by atoms with E-state index in [1.54, 1.807) is 0 Å². The van der Waals surface area contributed by atoms with Gasteiger partial charge >= 0.3 is 0 Å². The van der Waals surface area contributed by atoms with E-state index in [4.69, 9.17) is 5.73 Å². The molecular formula is C15H23FIN3O2S. The van der Waals surface area contributed by atoms with Gasteiger partial charge in [-0.1, -0.05) is 25.0 Å². The first-order chi connectivity index (χ1) is 10.5. The lowest BCUT2D eigenvalue weighted by Crippen LogP contribution is -2.38. The second-order valence-corrected chi connectivity index (χ2v) is 7.47. The molecule has 1 aliphatic heterocycles. The maximum absolute atomic E-state index is 13.6. The minimum absolute atomic E-state index is 0. The highest BCUT2D eigenvalue weighted by atomic mass is 127. The summed E-state index contributed by atoms with van der Waals surface area (Å²) >= 11 is 0. The maximum Gasteiger partial charge on any atom is 0.191 e. The third-order valence-corrected chi connectivity index (χ3v) is 5.46. The first-order valence-corrected chi connectivity index (χ1v) is 9.18. The Bertz CT molecular complexity index is 629. The zero-order chi connectivity index (χ0) is 16.0. The molecule has 0 unspecified atom stereocenters. The second-order valence-electron chi connectivity index (χ2n) is 5.39. The van der Waals surface area contributed by atoms with E-state index in [1.165, 1.54) is 31.0 Å². The van der Waals surface area contributed by atoms with Crippen LogP contribution in [0.4, 0.5) is 4.39 Å². The van der Waals surface area contributed by atoms with Gasteiger partial charge in [0.15, 0.2) is 15.8 Å². The van der Waals surface area contributed by atoms with E-state index in [9.17, 15) is 12.8 Å². The minimum atomic E-state index is -3.68. The van der Waals surface area contributed by atoms with Crippen molar-refractivity contribution >= 4 is 39.8 Å². The molecule has 0 amide bonds. The van der Waals surface area contributed by atoms with Crippen molar-refractivity contribution in [3.63, 3.8) is 0 Å². The van der Waals surface area contributed by atoms with Gasteiger partial charge in [0.05, 0.1) is 12.3 Å². The van der Waals surface area contributed by atoms with Crippen LogP contribution in [0.1, 0.15) is 25.7 Å². The van der Waals surface area contributed by atoms with Crippen molar-refractivity contribution in [2.75, 3.05) is 25.4 Å². The minimum Gasteiger partial charge on any atom is -0.370 e. The van der Waals surface area contributed by atoms with E-state index in [-0.39, 0.29) is 41.2 Å². The standard InChI is InChI=1S/C15H22FN3O2S.HI/c16-13-7-3-4-8-14(13)22(20,21)12-9-18-15(17)19-10-5-1-2-6-11-19;/h3-4,7-8H,1-2,5-6,9-12H2,(H2,17,18);1H. The molecule has 1 aromatic carbocycles. The van der Waals surface area contributed by atoms with Gasteiger partial charge in [0.2, 0.25) is 0 Å². The summed E-state index contributed by atoms with van der Waals surface area (Å²) < 4.78 is 37.8. The van der Waals surface area contributed by atoms with Gasteiger partial charge < -0.3 is 10.6 Å². The number of aliphatic imine (C=N–C) groups is 1. The van der Waals surface area contributed by atoms with Crippen molar-refractivity contribution < 1.29 is 12.8 Å². The summed E-state index contributed by atoms with van der Waals surface area (Å²) in [6, 6.07) is 5.38. The molecule has 1 saturated heterocycles. The van der Waals surface area contributed by atoms with E-state index in [2.05, 4.69) is 4.99 Å². The number of sulfone groups is 1. The van der Waals surface area contributed by atoms with Crippen molar-refractivity contribution in [1.29, 1.82) is 0 Å². The summed E-state index contributed by atoms with van der Waals surface area (Å²) in [5, 5.41) is 0. The molecule has 0 saturated carbocycles. The molecule has 0 atom stereocenters. The Balaban J connectivity index is 0.00000264. The van der Waals surface area contributed by atoms with Crippen molar-refractivity contribution in [3.05, 3.63) is 30.1 Å². The Morgan fingerprint density at radius 3 is 2.39 bits per heavy atom. The third-order valence-electron chi connectivity index (χ3n) is 3.74. The Morgan fingerprint density at radius 1 is 1.17 bits per heavy atom. The summed E-state index contributed by atoms with van der Waals surface area (Å²) in [6.45, 7) is 1.75. The number of rotatable bonds is 4. The Hall–Kier alpha value is -0.900. The van der Waals surface area contributed by atoms with Crippen LogP contribution in [0.2, 0.25) is 0 Å². The van der Waals surface area contributed by atoms with Gasteiger partial charge in [-0.05, 0) is 25.0 Å². The first kappa shape index (κ1) is 20.1. The highest BCUT2D eigenvalue weighted by Gasteiger charge is 2.18. The fourth-order valence-electron chi connectivity index (χ4n) is 2.49. The highest BCUT2D eigenvalue weighted by molar-refractivity contribution is 14.0. The number of likely N-dealkylation sites (tertiary alicyclic amines) is 1. The largest absolute Gasteiger partial charge is 0.370 e. The topological polar surface area (TPSA) is 75.8 Å². The van der Waals surface area contributed by atoms with Gasteiger partial charge in [-0.25, -0.2) is 12.8 Å². The van der Waals surface area contributed by atoms with Crippen LogP contribution in [-0.4, -0.2) is 44.7 Å². The van der Waals surface area contributed by atoms with Gasteiger partial charge in [-0.15, -0.1) is 24.0 Å². The normalized spacial score (nSPS) is 16.6. The molecule has 0 radical (unpaired) electrons. The molecule has 0 aliphatic carbocycles. The van der Waals surface area contributed by atoms with E-state index >= 15 is 0 Å². The molecule has 0 aromatic heterocycles. The van der Waals surface area contributed by atoms with Crippen molar-refractivity contribution in [1.82, 2.24) is 4.90 Å². The number of benzene rings is 1. The van der Waals surface area contributed by atoms with Crippen LogP contribution in [0.15, 0.2) is 34.2 Å². The molecule has 2 rings (SSSR count). The molecule has 2 N–H and O–H groups in total. The summed E-state index contributed by atoms with van der Waals surface area (Å²) in [4.78, 5) is 5.86. The Labute approximate surface area is 154 Å². The van der Waals surface area contributed by atoms with Gasteiger partial charge in [0, 0.05) is 13.1 Å². The number of nitrogens with zero attached hydrogens (tertiary/aromatic N) is 2. The average molecular weight is 455 g/mol. The molecule has 1 aliphatic rings. The Kier molecular flexibility index (Phi) is 8.24. The van der Waals surface area contributed by atoms with Gasteiger partial charge in [0.1, 0.15) is 10.7 Å². The van der Waals surface area contributed by atoms with Gasteiger partial charge in [-0.2, -0.15) is 0 Å². The van der Waals surface area contributed by atoms with Crippen LogP contribution in [0.25, 0.3) is 0 Å². The van der Waals surface area contributed by atoms with Crippen molar-refractivity contribution in [2.45, 2.75) is 30.6 Å². The molecule has 130 valence electrons. The number of hydrogen-bond donors (Lipinski definition) is 1. The van der Waals surface area contributed by atoms with Crippen LogP contribution in [0, 0.1) is 5.82 Å². The van der Waals surface area contributed by atoms with Crippen molar-refractivity contribution in [3.8, 4) is 0 Å². The molecule has 1 heterocycles. The molecule has 8 heteroatoms. The predicted molar refractivity (Wildman–Crippen MR) is 100 cm³/mol. The molecule has 0 bridgehead atoms. The lowest BCUT2D eigenvalue weighted by molar-refractivity contribution is 0.429. The van der Waals surface area contributed by atoms with Gasteiger partial charge in [-0.3, -0.25) is 4.99 Å². The van der Waals surface area contributed by atoms with Crippen LogP contribution in [-0.2, 0) is 9.84 Å². The van der Waals surface area contributed by atoms with Crippen LogP contribution in [0.3, 0.4) is 0 Å². The lowest BCUT2D eigenvalue weighted by atomic mass is 10.2. The molecular weight excluding hydrogens is 432 g/mol. The second kappa shape index (κ2) is 9.41. The zero-order valence-electron chi connectivity index (χ0n) is 12.9. The fraction of sp³-hybridized carbons (Fsp3) is 0.533. The molecule has 0 spiro atoms. The fourth-order valence-corrected chi connectivity index (χ4v) is 3.69. The summed E-state index contributed by atoms with van der Waals surface area (Å²) in [6.07, 6.45) is 4.52. The first-order valence-electron chi connectivity index (χ1n) is 7.53. The monoisotopic (exact) mass is 455 g/mol. The zero-order valence-corrected chi connectivity index (χ0v) is 16.1. The van der Waals surface area contributed by atoms with E-state index in [0.717, 1.165) is 32.0 Å².